The average molecular weight is 215 g/mol. The van der Waals surface area contributed by atoms with Gasteiger partial charge in [-0.15, -0.1) is 0 Å². The van der Waals surface area contributed by atoms with Crippen LogP contribution >= 0.6 is 0 Å². The van der Waals surface area contributed by atoms with E-state index in [0.29, 0.717) is 13.2 Å². The van der Waals surface area contributed by atoms with Gasteiger partial charge in [0.15, 0.2) is 0 Å². The number of anilines is 1. The molecule has 0 atom stereocenters. The lowest BCUT2D eigenvalue weighted by atomic mass is 10.2. The topological polar surface area (TPSA) is 61.0 Å². The number of nitrogen functional groups attached to an aromatic ring is 1. The normalized spacial score (nSPS) is 10.2. The van der Waals surface area contributed by atoms with Gasteiger partial charge in [-0.3, -0.25) is 0 Å². The lowest BCUT2D eigenvalue weighted by Crippen LogP contribution is -2.00. The van der Waals surface area contributed by atoms with Crippen LogP contribution in [0, 0.1) is 0 Å². The third-order valence-corrected chi connectivity index (χ3v) is 2.09. The molecule has 2 aromatic rings. The largest absolute Gasteiger partial charge is 0.370 e. The fourth-order valence-electron chi connectivity index (χ4n) is 1.34. The van der Waals surface area contributed by atoms with E-state index < -0.39 is 0 Å². The molecule has 1 aromatic carbocycles. The maximum atomic E-state index is 5.51. The van der Waals surface area contributed by atoms with Gasteiger partial charge in [-0.1, -0.05) is 30.3 Å². The third kappa shape index (κ3) is 3.03. The van der Waals surface area contributed by atoms with Crippen molar-refractivity contribution in [1.29, 1.82) is 0 Å². The van der Waals surface area contributed by atoms with Crippen molar-refractivity contribution in [3.8, 4) is 0 Å². The van der Waals surface area contributed by atoms with Crippen molar-refractivity contribution in [2.24, 2.45) is 0 Å². The fraction of sp³-hybridized carbons (Fsp3) is 0.167. The van der Waals surface area contributed by atoms with Gasteiger partial charge in [0.2, 0.25) is 5.95 Å². The summed E-state index contributed by atoms with van der Waals surface area (Å²) in [7, 11) is 0. The molecule has 0 unspecified atom stereocenters. The molecule has 0 saturated heterocycles. The van der Waals surface area contributed by atoms with Crippen LogP contribution in [0.1, 0.15) is 11.3 Å². The lowest BCUT2D eigenvalue weighted by Gasteiger charge is -2.03. The average Bonchev–Trinajstić information content (AvgIpc) is 2.30. The predicted octanol–water partition coefficient (Wildman–Crippen LogP) is 1.78. The molecule has 2 rings (SSSR count). The van der Waals surface area contributed by atoms with E-state index in [1.807, 2.05) is 30.3 Å². The summed E-state index contributed by atoms with van der Waals surface area (Å²) >= 11 is 0. The lowest BCUT2D eigenvalue weighted by molar-refractivity contribution is 0.104. The molecule has 1 heterocycles. The van der Waals surface area contributed by atoms with E-state index in [-0.39, 0.29) is 5.95 Å². The summed E-state index contributed by atoms with van der Waals surface area (Å²) < 4.78 is 5.51. The standard InChI is InChI=1S/C12H13N3O/c13-12-14-7-6-11(15-12)9-16-8-10-4-2-1-3-5-10/h1-7H,8-9H2,(H2,13,14,15). The highest BCUT2D eigenvalue weighted by Gasteiger charge is 1.97. The van der Waals surface area contributed by atoms with Crippen molar-refractivity contribution >= 4 is 5.95 Å². The quantitative estimate of drug-likeness (QED) is 0.844. The minimum absolute atomic E-state index is 0.279. The Morgan fingerprint density at radius 2 is 1.88 bits per heavy atom. The van der Waals surface area contributed by atoms with Gasteiger partial charge in [-0.25, -0.2) is 9.97 Å². The number of hydrogen-bond donors (Lipinski definition) is 1. The Kier molecular flexibility index (Phi) is 3.46. The van der Waals surface area contributed by atoms with Gasteiger partial charge in [-0.2, -0.15) is 0 Å². The molecule has 82 valence electrons. The molecule has 0 spiro atoms. The second-order valence-electron chi connectivity index (χ2n) is 3.38. The minimum atomic E-state index is 0.279. The Bertz CT molecular complexity index is 445. The van der Waals surface area contributed by atoms with Crippen molar-refractivity contribution in [2.45, 2.75) is 13.2 Å². The molecule has 4 heteroatoms. The zero-order valence-electron chi connectivity index (χ0n) is 8.84. The van der Waals surface area contributed by atoms with Crippen molar-refractivity contribution in [3.63, 3.8) is 0 Å². The Morgan fingerprint density at radius 1 is 1.06 bits per heavy atom. The molecule has 4 nitrogen and oxygen atoms in total. The summed E-state index contributed by atoms with van der Waals surface area (Å²) in [5.74, 6) is 0.279. The van der Waals surface area contributed by atoms with Gasteiger partial charge in [-0.05, 0) is 11.6 Å². The summed E-state index contributed by atoms with van der Waals surface area (Å²) in [6.45, 7) is 1.02. The minimum Gasteiger partial charge on any atom is -0.370 e. The molecule has 2 N–H and O–H groups in total. The van der Waals surface area contributed by atoms with Crippen LogP contribution in [-0.2, 0) is 18.0 Å². The van der Waals surface area contributed by atoms with Gasteiger partial charge in [0.1, 0.15) is 0 Å². The molecule has 0 radical (unpaired) electrons. The molecular formula is C12H13N3O. The second-order valence-corrected chi connectivity index (χ2v) is 3.38. The Labute approximate surface area is 94.1 Å². The second kappa shape index (κ2) is 5.23. The highest BCUT2D eigenvalue weighted by Crippen LogP contribution is 2.04. The summed E-state index contributed by atoms with van der Waals surface area (Å²) in [5.41, 5.74) is 7.40. The molecule has 0 aliphatic rings. The van der Waals surface area contributed by atoms with E-state index >= 15 is 0 Å². The van der Waals surface area contributed by atoms with E-state index in [9.17, 15) is 0 Å². The van der Waals surface area contributed by atoms with E-state index in [4.69, 9.17) is 10.5 Å². The number of benzene rings is 1. The number of hydrogen-bond acceptors (Lipinski definition) is 4. The number of nitrogens with zero attached hydrogens (tertiary/aromatic N) is 2. The van der Waals surface area contributed by atoms with Gasteiger partial charge < -0.3 is 10.5 Å². The molecule has 0 amide bonds. The zero-order chi connectivity index (χ0) is 11.2. The van der Waals surface area contributed by atoms with Crippen molar-refractivity contribution in [2.75, 3.05) is 5.73 Å². The van der Waals surface area contributed by atoms with Gasteiger partial charge in [0.25, 0.3) is 0 Å². The highest BCUT2D eigenvalue weighted by molar-refractivity contribution is 5.17. The van der Waals surface area contributed by atoms with Crippen molar-refractivity contribution < 1.29 is 4.74 Å². The van der Waals surface area contributed by atoms with Crippen molar-refractivity contribution in [3.05, 3.63) is 53.9 Å². The Balaban J connectivity index is 1.85. The van der Waals surface area contributed by atoms with E-state index in [1.54, 1.807) is 12.3 Å². The third-order valence-electron chi connectivity index (χ3n) is 2.09. The summed E-state index contributed by atoms with van der Waals surface area (Å²) in [4.78, 5) is 7.86. The molecule has 0 fully saturated rings. The van der Waals surface area contributed by atoms with Crippen LogP contribution in [0.4, 0.5) is 5.95 Å². The first-order valence-corrected chi connectivity index (χ1v) is 5.03. The van der Waals surface area contributed by atoms with Crippen LogP contribution in [0.15, 0.2) is 42.6 Å². The Hall–Kier alpha value is -1.94. The number of aromatic nitrogens is 2. The molecule has 0 saturated carbocycles. The van der Waals surface area contributed by atoms with E-state index in [2.05, 4.69) is 9.97 Å². The highest BCUT2D eigenvalue weighted by atomic mass is 16.5. The smallest absolute Gasteiger partial charge is 0.220 e. The number of nitrogens with two attached hydrogens (primary N) is 1. The number of rotatable bonds is 4. The molecule has 1 aromatic heterocycles. The first-order chi connectivity index (χ1) is 7.84. The van der Waals surface area contributed by atoms with Gasteiger partial charge in [0.05, 0.1) is 18.9 Å². The monoisotopic (exact) mass is 215 g/mol. The molecule has 16 heavy (non-hydrogen) atoms. The summed E-state index contributed by atoms with van der Waals surface area (Å²) in [6.07, 6.45) is 1.63. The SMILES string of the molecule is Nc1nccc(COCc2ccccc2)n1. The zero-order valence-corrected chi connectivity index (χ0v) is 8.84. The van der Waals surface area contributed by atoms with E-state index in [0.717, 1.165) is 11.3 Å². The summed E-state index contributed by atoms with van der Waals surface area (Å²) in [5, 5.41) is 0. The maximum absolute atomic E-state index is 5.51. The number of ether oxygens (including phenoxy) is 1. The van der Waals surface area contributed by atoms with Crippen LogP contribution in [0.2, 0.25) is 0 Å². The van der Waals surface area contributed by atoms with Crippen LogP contribution < -0.4 is 5.73 Å². The first kappa shape index (κ1) is 10.6. The molecular weight excluding hydrogens is 202 g/mol. The van der Waals surface area contributed by atoms with Crippen LogP contribution in [-0.4, -0.2) is 9.97 Å². The van der Waals surface area contributed by atoms with Gasteiger partial charge >= 0.3 is 0 Å². The van der Waals surface area contributed by atoms with Crippen LogP contribution in [0.25, 0.3) is 0 Å². The first-order valence-electron chi connectivity index (χ1n) is 5.03. The van der Waals surface area contributed by atoms with Crippen molar-refractivity contribution in [1.82, 2.24) is 9.97 Å². The fourth-order valence-corrected chi connectivity index (χ4v) is 1.34. The van der Waals surface area contributed by atoms with E-state index in [1.165, 1.54) is 0 Å². The van der Waals surface area contributed by atoms with Crippen LogP contribution in [0.3, 0.4) is 0 Å². The molecule has 0 bridgehead atoms. The molecule has 0 aliphatic carbocycles. The molecule has 0 aliphatic heterocycles. The van der Waals surface area contributed by atoms with Crippen LogP contribution in [0.5, 0.6) is 0 Å². The predicted molar refractivity (Wildman–Crippen MR) is 61.4 cm³/mol. The van der Waals surface area contributed by atoms with Gasteiger partial charge in [0, 0.05) is 6.20 Å². The maximum Gasteiger partial charge on any atom is 0.220 e. The Morgan fingerprint density at radius 3 is 2.62 bits per heavy atom. The summed E-state index contributed by atoms with van der Waals surface area (Å²) in [6, 6.07) is 11.8.